The summed E-state index contributed by atoms with van der Waals surface area (Å²) in [5.41, 5.74) is 1.72. The van der Waals surface area contributed by atoms with Gasteiger partial charge in [-0.3, -0.25) is 14.9 Å². The summed E-state index contributed by atoms with van der Waals surface area (Å²) in [5, 5.41) is 14.9. The third-order valence-corrected chi connectivity index (χ3v) is 3.53. The van der Waals surface area contributed by atoms with Crippen molar-refractivity contribution in [3.8, 4) is 0 Å². The average Bonchev–Trinajstić information content (AvgIpc) is 2.41. The van der Waals surface area contributed by atoms with Crippen LogP contribution in [0, 0.1) is 13.8 Å². The lowest BCUT2D eigenvalue weighted by Crippen LogP contribution is -2.51. The second-order valence-corrected chi connectivity index (χ2v) is 5.61. The third kappa shape index (κ3) is 4.86. The van der Waals surface area contributed by atoms with E-state index in [1.54, 1.807) is 6.92 Å². The second kappa shape index (κ2) is 7.22. The Morgan fingerprint density at radius 1 is 1.29 bits per heavy atom. The van der Waals surface area contributed by atoms with Gasteiger partial charge >= 0.3 is 5.97 Å². The van der Waals surface area contributed by atoms with Crippen LogP contribution in [0.4, 0.5) is 5.69 Å². The number of hydrogen-bond donors (Lipinski definition) is 3. The molecule has 5 nitrogen and oxygen atoms in total. The highest BCUT2D eigenvalue weighted by atomic mass is 16.4. The Labute approximate surface area is 125 Å². The van der Waals surface area contributed by atoms with Gasteiger partial charge in [-0.15, -0.1) is 0 Å². The Morgan fingerprint density at radius 3 is 2.52 bits per heavy atom. The maximum Gasteiger partial charge on any atom is 0.323 e. The number of benzene rings is 1. The lowest BCUT2D eigenvalue weighted by atomic mass is 9.96. The van der Waals surface area contributed by atoms with Gasteiger partial charge in [-0.1, -0.05) is 25.5 Å². The quantitative estimate of drug-likeness (QED) is 0.721. The van der Waals surface area contributed by atoms with Crippen LogP contribution in [0.1, 0.15) is 37.8 Å². The Kier molecular flexibility index (Phi) is 5.90. The molecule has 116 valence electrons. The number of hydrogen-bond acceptors (Lipinski definition) is 3. The number of carbonyl (C=O) groups is 2. The molecule has 1 unspecified atom stereocenters. The van der Waals surface area contributed by atoms with Crippen LogP contribution in [0.3, 0.4) is 0 Å². The smallest absolute Gasteiger partial charge is 0.323 e. The zero-order valence-corrected chi connectivity index (χ0v) is 13.1. The molecule has 5 heteroatoms. The number of aliphatic carboxylic acids is 1. The molecule has 0 saturated heterocycles. The number of amides is 1. The van der Waals surface area contributed by atoms with Gasteiger partial charge in [0.1, 0.15) is 5.54 Å². The van der Waals surface area contributed by atoms with Crippen molar-refractivity contribution in [2.75, 3.05) is 11.9 Å². The minimum atomic E-state index is -1.08. The topological polar surface area (TPSA) is 78.4 Å². The molecular weight excluding hydrogens is 268 g/mol. The fourth-order valence-electron chi connectivity index (χ4n) is 2.11. The first-order valence-corrected chi connectivity index (χ1v) is 7.14. The summed E-state index contributed by atoms with van der Waals surface area (Å²) in [5.74, 6) is -1.18. The molecular formula is C16H24N2O3. The van der Waals surface area contributed by atoms with Crippen molar-refractivity contribution in [2.24, 2.45) is 0 Å². The summed E-state index contributed by atoms with van der Waals surface area (Å²) in [7, 11) is 0. The molecule has 0 aliphatic heterocycles. The molecule has 3 N–H and O–H groups in total. The minimum Gasteiger partial charge on any atom is -0.480 e. The molecule has 0 radical (unpaired) electrons. The molecule has 0 saturated carbocycles. The standard InChI is InChI=1S/C16H24N2O3/c1-5-8-16(4,15(20)21)17-10-14(19)18-13-9-11(2)6-7-12(13)3/h6-7,9,17H,5,8,10H2,1-4H3,(H,18,19)(H,20,21). The molecule has 1 atom stereocenters. The Morgan fingerprint density at radius 2 is 1.95 bits per heavy atom. The zero-order chi connectivity index (χ0) is 16.0. The number of nitrogens with one attached hydrogen (secondary N) is 2. The van der Waals surface area contributed by atoms with Crippen LogP contribution in [-0.2, 0) is 9.59 Å². The third-order valence-electron chi connectivity index (χ3n) is 3.53. The van der Waals surface area contributed by atoms with Gasteiger partial charge in [-0.05, 0) is 44.4 Å². The van der Waals surface area contributed by atoms with E-state index in [0.29, 0.717) is 6.42 Å². The van der Waals surface area contributed by atoms with E-state index in [1.165, 1.54) is 0 Å². The molecule has 21 heavy (non-hydrogen) atoms. The van der Waals surface area contributed by atoms with Gasteiger partial charge in [-0.25, -0.2) is 0 Å². The molecule has 1 aromatic carbocycles. The van der Waals surface area contributed by atoms with Crippen molar-refractivity contribution < 1.29 is 14.7 Å². The second-order valence-electron chi connectivity index (χ2n) is 5.61. The number of rotatable bonds is 7. The monoisotopic (exact) mass is 292 g/mol. The van der Waals surface area contributed by atoms with Crippen molar-refractivity contribution in [2.45, 2.75) is 46.1 Å². The predicted molar refractivity (Wildman–Crippen MR) is 83.5 cm³/mol. The van der Waals surface area contributed by atoms with Gasteiger partial charge in [0.2, 0.25) is 5.91 Å². The maximum absolute atomic E-state index is 12.0. The molecule has 0 aliphatic carbocycles. The number of carbonyl (C=O) groups excluding carboxylic acids is 1. The highest BCUT2D eigenvalue weighted by molar-refractivity contribution is 5.93. The molecule has 1 aromatic rings. The van der Waals surface area contributed by atoms with E-state index in [1.807, 2.05) is 39.0 Å². The fourth-order valence-corrected chi connectivity index (χ4v) is 2.11. The summed E-state index contributed by atoms with van der Waals surface area (Å²) in [6, 6.07) is 5.82. The van der Waals surface area contributed by atoms with Crippen LogP contribution in [0.2, 0.25) is 0 Å². The van der Waals surface area contributed by atoms with Crippen LogP contribution in [-0.4, -0.2) is 29.1 Å². The molecule has 0 aromatic heterocycles. The van der Waals surface area contributed by atoms with Crippen LogP contribution in [0.25, 0.3) is 0 Å². The summed E-state index contributed by atoms with van der Waals surface area (Å²) in [6.07, 6.45) is 1.20. The first kappa shape index (κ1) is 17.2. The van der Waals surface area contributed by atoms with E-state index >= 15 is 0 Å². The molecule has 1 amide bonds. The van der Waals surface area contributed by atoms with Crippen LogP contribution in [0.5, 0.6) is 0 Å². The summed E-state index contributed by atoms with van der Waals surface area (Å²) < 4.78 is 0. The molecule has 0 aliphatic rings. The van der Waals surface area contributed by atoms with Gasteiger partial charge in [-0.2, -0.15) is 0 Å². The van der Waals surface area contributed by atoms with Crippen molar-refractivity contribution in [3.63, 3.8) is 0 Å². The minimum absolute atomic E-state index is 0.0316. The zero-order valence-electron chi connectivity index (χ0n) is 13.1. The summed E-state index contributed by atoms with van der Waals surface area (Å²) in [4.78, 5) is 23.3. The SMILES string of the molecule is CCCC(C)(NCC(=O)Nc1cc(C)ccc1C)C(=O)O. The van der Waals surface area contributed by atoms with Gasteiger partial charge in [0.05, 0.1) is 6.54 Å². The molecule has 0 spiro atoms. The molecule has 0 heterocycles. The van der Waals surface area contributed by atoms with Gasteiger partial charge in [0.25, 0.3) is 0 Å². The molecule has 0 bridgehead atoms. The first-order chi connectivity index (χ1) is 9.78. The summed E-state index contributed by atoms with van der Waals surface area (Å²) in [6.45, 7) is 7.36. The Bertz CT molecular complexity index is 528. The fraction of sp³-hybridized carbons (Fsp3) is 0.500. The summed E-state index contributed by atoms with van der Waals surface area (Å²) >= 11 is 0. The number of anilines is 1. The van der Waals surface area contributed by atoms with Crippen molar-refractivity contribution in [1.29, 1.82) is 0 Å². The average molecular weight is 292 g/mol. The molecule has 1 rings (SSSR count). The van der Waals surface area contributed by atoms with E-state index < -0.39 is 11.5 Å². The van der Waals surface area contributed by atoms with Crippen molar-refractivity contribution in [3.05, 3.63) is 29.3 Å². The van der Waals surface area contributed by atoms with E-state index in [2.05, 4.69) is 10.6 Å². The lowest BCUT2D eigenvalue weighted by molar-refractivity contribution is -0.144. The highest BCUT2D eigenvalue weighted by Gasteiger charge is 2.31. The lowest BCUT2D eigenvalue weighted by Gasteiger charge is -2.25. The number of carboxylic acid groups (broad SMARTS) is 1. The van der Waals surface area contributed by atoms with Crippen LogP contribution in [0.15, 0.2) is 18.2 Å². The number of aryl methyl sites for hydroxylation is 2. The largest absolute Gasteiger partial charge is 0.480 e. The van der Waals surface area contributed by atoms with Gasteiger partial charge in [0.15, 0.2) is 0 Å². The van der Waals surface area contributed by atoms with E-state index in [4.69, 9.17) is 0 Å². The van der Waals surface area contributed by atoms with Crippen molar-refractivity contribution in [1.82, 2.24) is 5.32 Å². The van der Waals surface area contributed by atoms with Crippen LogP contribution < -0.4 is 10.6 Å². The maximum atomic E-state index is 12.0. The van der Waals surface area contributed by atoms with Crippen LogP contribution >= 0.6 is 0 Å². The van der Waals surface area contributed by atoms with E-state index in [0.717, 1.165) is 23.2 Å². The predicted octanol–water partition coefficient (Wildman–Crippen LogP) is 2.47. The van der Waals surface area contributed by atoms with E-state index in [-0.39, 0.29) is 12.5 Å². The van der Waals surface area contributed by atoms with Gasteiger partial charge in [0, 0.05) is 5.69 Å². The molecule has 0 fully saturated rings. The van der Waals surface area contributed by atoms with Gasteiger partial charge < -0.3 is 10.4 Å². The van der Waals surface area contributed by atoms with Crippen molar-refractivity contribution >= 4 is 17.6 Å². The van der Waals surface area contributed by atoms with E-state index in [9.17, 15) is 14.7 Å². The Balaban J connectivity index is 2.65. The number of carboxylic acids is 1. The Hall–Kier alpha value is -1.88. The normalized spacial score (nSPS) is 13.5. The first-order valence-electron chi connectivity index (χ1n) is 7.14. The highest BCUT2D eigenvalue weighted by Crippen LogP contribution is 2.16.